The lowest BCUT2D eigenvalue weighted by Crippen LogP contribution is -2.52. The third-order valence-electron chi connectivity index (χ3n) is 4.92. The van der Waals surface area contributed by atoms with E-state index in [9.17, 15) is 4.79 Å². The third kappa shape index (κ3) is 4.55. The van der Waals surface area contributed by atoms with Crippen molar-refractivity contribution in [3.05, 3.63) is 36.4 Å². The van der Waals surface area contributed by atoms with Gasteiger partial charge >= 0.3 is 0 Å². The average Bonchev–Trinajstić information content (AvgIpc) is 2.74. The van der Waals surface area contributed by atoms with Crippen molar-refractivity contribution in [1.82, 2.24) is 15.1 Å². The molecule has 3 rings (SSSR count). The molecule has 2 heterocycles. The molecule has 28 heavy (non-hydrogen) atoms. The van der Waals surface area contributed by atoms with Gasteiger partial charge in [0, 0.05) is 37.6 Å². The second kappa shape index (κ2) is 8.78. The Morgan fingerprint density at radius 2 is 1.75 bits per heavy atom. The quantitative estimate of drug-likeness (QED) is 0.692. The molecule has 0 unspecified atom stereocenters. The molecule has 1 aromatic carbocycles. The topological polar surface area (TPSA) is 58.6 Å². The van der Waals surface area contributed by atoms with Crippen molar-refractivity contribution < 1.29 is 9.53 Å². The van der Waals surface area contributed by atoms with Crippen molar-refractivity contribution in [3.63, 3.8) is 0 Å². The third-order valence-corrected chi connectivity index (χ3v) is 5.58. The van der Waals surface area contributed by atoms with E-state index >= 15 is 0 Å². The fraction of sp³-hybridized carbons (Fsp3) is 0.476. The number of alkyl halides is 1. The van der Waals surface area contributed by atoms with Crippen molar-refractivity contribution in [3.8, 4) is 17.0 Å². The highest BCUT2D eigenvalue weighted by Gasteiger charge is 2.33. The van der Waals surface area contributed by atoms with Gasteiger partial charge in [-0.05, 0) is 57.2 Å². The van der Waals surface area contributed by atoms with E-state index in [0.717, 1.165) is 35.9 Å². The van der Waals surface area contributed by atoms with Crippen LogP contribution in [0.1, 0.15) is 20.8 Å². The summed E-state index contributed by atoms with van der Waals surface area (Å²) in [5.41, 5.74) is 1.30. The fourth-order valence-corrected chi connectivity index (χ4v) is 3.27. The van der Waals surface area contributed by atoms with Gasteiger partial charge in [0.1, 0.15) is 5.75 Å². The van der Waals surface area contributed by atoms with Crippen molar-refractivity contribution in [2.45, 2.75) is 20.8 Å². The summed E-state index contributed by atoms with van der Waals surface area (Å²) >= 11 is 5.94. The van der Waals surface area contributed by atoms with Crippen LogP contribution in [-0.4, -0.2) is 59.7 Å². The summed E-state index contributed by atoms with van der Waals surface area (Å²) in [7, 11) is 0. The first-order chi connectivity index (χ1) is 13.4. The van der Waals surface area contributed by atoms with Gasteiger partial charge in [-0.15, -0.1) is 21.8 Å². The van der Waals surface area contributed by atoms with Crippen LogP contribution in [0.2, 0.25) is 0 Å². The van der Waals surface area contributed by atoms with Crippen LogP contribution in [0.4, 0.5) is 5.82 Å². The molecule has 1 amide bonds. The van der Waals surface area contributed by atoms with Crippen LogP contribution in [0.3, 0.4) is 0 Å². The Morgan fingerprint density at radius 3 is 2.29 bits per heavy atom. The van der Waals surface area contributed by atoms with Crippen LogP contribution < -0.4 is 9.64 Å². The van der Waals surface area contributed by atoms with Crippen LogP contribution in [0.15, 0.2) is 36.4 Å². The largest absolute Gasteiger partial charge is 0.494 e. The Balaban J connectivity index is 1.61. The number of anilines is 1. The molecule has 0 atom stereocenters. The van der Waals surface area contributed by atoms with Crippen LogP contribution in [-0.2, 0) is 4.79 Å². The molecule has 1 saturated heterocycles. The smallest absolute Gasteiger partial charge is 0.229 e. The lowest BCUT2D eigenvalue weighted by Gasteiger charge is -2.38. The number of aromatic nitrogens is 2. The van der Waals surface area contributed by atoms with Crippen LogP contribution >= 0.6 is 11.6 Å². The zero-order chi connectivity index (χ0) is 20.1. The fourth-order valence-electron chi connectivity index (χ4n) is 3.16. The maximum Gasteiger partial charge on any atom is 0.229 e. The first kappa shape index (κ1) is 20.4. The molecule has 7 heteroatoms. The zero-order valence-electron chi connectivity index (χ0n) is 16.7. The number of amides is 1. The minimum Gasteiger partial charge on any atom is -0.494 e. The van der Waals surface area contributed by atoms with Gasteiger partial charge in [0.25, 0.3) is 0 Å². The van der Waals surface area contributed by atoms with Crippen molar-refractivity contribution >= 4 is 23.3 Å². The first-order valence-corrected chi connectivity index (χ1v) is 10.2. The molecule has 0 aliphatic carbocycles. The zero-order valence-corrected chi connectivity index (χ0v) is 17.4. The van der Waals surface area contributed by atoms with E-state index in [1.807, 2.05) is 62.1 Å². The highest BCUT2D eigenvalue weighted by molar-refractivity contribution is 6.19. The van der Waals surface area contributed by atoms with Gasteiger partial charge in [-0.3, -0.25) is 4.79 Å². The van der Waals surface area contributed by atoms with Crippen molar-refractivity contribution in [2.24, 2.45) is 5.41 Å². The Kier molecular flexibility index (Phi) is 6.39. The minimum absolute atomic E-state index is 0.110. The molecule has 0 radical (unpaired) electrons. The van der Waals surface area contributed by atoms with E-state index in [4.69, 9.17) is 16.3 Å². The molecule has 1 aliphatic heterocycles. The molecular formula is C21H27ClN4O2. The molecule has 1 aliphatic rings. The molecule has 6 nitrogen and oxygen atoms in total. The maximum atomic E-state index is 12.5. The molecule has 1 aromatic heterocycles. The summed E-state index contributed by atoms with van der Waals surface area (Å²) in [5.74, 6) is 2.11. The summed E-state index contributed by atoms with van der Waals surface area (Å²) in [6.07, 6.45) is 0. The second-order valence-corrected chi connectivity index (χ2v) is 7.80. The van der Waals surface area contributed by atoms with Gasteiger partial charge < -0.3 is 14.5 Å². The normalized spacial score (nSPS) is 14.9. The van der Waals surface area contributed by atoms with Gasteiger partial charge in [0.2, 0.25) is 5.91 Å². The summed E-state index contributed by atoms with van der Waals surface area (Å²) in [4.78, 5) is 16.6. The highest BCUT2D eigenvalue weighted by atomic mass is 35.5. The Labute approximate surface area is 171 Å². The number of rotatable bonds is 6. The van der Waals surface area contributed by atoms with Gasteiger partial charge in [-0.1, -0.05) is 0 Å². The molecule has 150 valence electrons. The van der Waals surface area contributed by atoms with Crippen LogP contribution in [0, 0.1) is 5.41 Å². The molecule has 0 saturated carbocycles. The summed E-state index contributed by atoms with van der Waals surface area (Å²) < 4.78 is 5.47. The molecule has 1 fully saturated rings. The lowest BCUT2D eigenvalue weighted by atomic mass is 9.94. The average molecular weight is 403 g/mol. The van der Waals surface area contributed by atoms with E-state index in [2.05, 4.69) is 15.1 Å². The Bertz CT molecular complexity index is 785. The first-order valence-electron chi connectivity index (χ1n) is 9.62. The van der Waals surface area contributed by atoms with Crippen LogP contribution in [0.25, 0.3) is 11.3 Å². The van der Waals surface area contributed by atoms with Gasteiger partial charge in [-0.25, -0.2) is 0 Å². The predicted molar refractivity (Wildman–Crippen MR) is 112 cm³/mol. The van der Waals surface area contributed by atoms with Gasteiger partial charge in [-0.2, -0.15) is 0 Å². The van der Waals surface area contributed by atoms with E-state index < -0.39 is 5.41 Å². The van der Waals surface area contributed by atoms with E-state index in [0.29, 0.717) is 25.6 Å². The molecule has 0 spiro atoms. The number of carbonyl (C=O) groups is 1. The number of benzene rings is 1. The van der Waals surface area contributed by atoms with Gasteiger partial charge in [0.15, 0.2) is 5.82 Å². The Morgan fingerprint density at radius 1 is 1.07 bits per heavy atom. The molecule has 2 aromatic rings. The SMILES string of the molecule is CCOc1ccc(-c2ccc(N3CCN(C(=O)C(C)(C)CCl)CC3)nn2)cc1. The lowest BCUT2D eigenvalue weighted by molar-refractivity contribution is -0.139. The molecule has 0 bridgehead atoms. The van der Waals surface area contributed by atoms with Crippen molar-refractivity contribution in [1.29, 1.82) is 0 Å². The predicted octanol–water partition coefficient (Wildman–Crippen LogP) is 3.46. The maximum absolute atomic E-state index is 12.5. The second-order valence-electron chi connectivity index (χ2n) is 7.53. The number of piperazine rings is 1. The Hall–Kier alpha value is -2.34. The monoisotopic (exact) mass is 402 g/mol. The number of hydrogen-bond donors (Lipinski definition) is 0. The number of carbonyl (C=O) groups excluding carboxylic acids is 1. The summed E-state index contributed by atoms with van der Waals surface area (Å²) in [6, 6.07) is 11.8. The van der Waals surface area contributed by atoms with Crippen LogP contribution in [0.5, 0.6) is 5.75 Å². The summed E-state index contributed by atoms with van der Waals surface area (Å²) in [6.45, 7) is 9.20. The van der Waals surface area contributed by atoms with E-state index in [1.165, 1.54) is 0 Å². The molecular weight excluding hydrogens is 376 g/mol. The summed E-state index contributed by atoms with van der Waals surface area (Å²) in [5, 5.41) is 8.77. The number of ether oxygens (including phenoxy) is 1. The number of halogens is 1. The molecule has 0 N–H and O–H groups in total. The van der Waals surface area contributed by atoms with E-state index in [-0.39, 0.29) is 5.91 Å². The van der Waals surface area contributed by atoms with Gasteiger partial charge in [0.05, 0.1) is 17.7 Å². The van der Waals surface area contributed by atoms with Crippen molar-refractivity contribution in [2.75, 3.05) is 43.6 Å². The number of hydrogen-bond acceptors (Lipinski definition) is 5. The number of nitrogens with zero attached hydrogens (tertiary/aromatic N) is 4. The minimum atomic E-state index is -0.525. The van der Waals surface area contributed by atoms with E-state index in [1.54, 1.807) is 0 Å². The standard InChI is InChI=1S/C21H27ClN4O2/c1-4-28-17-7-5-16(6-8-17)18-9-10-19(24-23-18)25-11-13-26(14-12-25)20(27)21(2,3)15-22/h5-10H,4,11-15H2,1-3H3. The highest BCUT2D eigenvalue weighted by Crippen LogP contribution is 2.24.